The zero-order chi connectivity index (χ0) is 23.3. The van der Waals surface area contributed by atoms with E-state index in [0.29, 0.717) is 32.0 Å². The number of nitrogens with zero attached hydrogens (tertiary/aromatic N) is 2. The van der Waals surface area contributed by atoms with Crippen LogP contribution in [0.15, 0.2) is 23.1 Å². The highest BCUT2D eigenvalue weighted by Gasteiger charge is 2.28. The third-order valence-electron chi connectivity index (χ3n) is 5.92. The molecule has 3 rings (SSSR count). The third kappa shape index (κ3) is 5.79. The number of anilines is 1. The standard InChI is InChI=1S/C22H33N3O6S/c1-16(21(26)23-17-7-5-4-6-8-17)31-22(27)19-15-18(32(28,29)24(2)3)9-10-20(19)25-11-13-30-14-12-25/h9-10,15-17H,4-8,11-14H2,1-3H3,(H,23,26)/t16-/m0/s1. The molecule has 1 N–H and O–H groups in total. The molecular weight excluding hydrogens is 434 g/mol. The molecule has 32 heavy (non-hydrogen) atoms. The van der Waals surface area contributed by atoms with Gasteiger partial charge in [-0.2, -0.15) is 0 Å². The zero-order valence-corrected chi connectivity index (χ0v) is 19.8. The van der Waals surface area contributed by atoms with Crippen molar-refractivity contribution >= 4 is 27.6 Å². The second kappa shape index (κ2) is 10.6. The van der Waals surface area contributed by atoms with E-state index in [2.05, 4.69) is 5.32 Å². The van der Waals surface area contributed by atoms with Crippen LogP contribution >= 0.6 is 0 Å². The van der Waals surface area contributed by atoms with Gasteiger partial charge >= 0.3 is 5.97 Å². The summed E-state index contributed by atoms with van der Waals surface area (Å²) >= 11 is 0. The van der Waals surface area contributed by atoms with Gasteiger partial charge in [-0.3, -0.25) is 4.79 Å². The fraction of sp³-hybridized carbons (Fsp3) is 0.636. The summed E-state index contributed by atoms with van der Waals surface area (Å²) in [5.74, 6) is -1.07. The number of sulfonamides is 1. The predicted molar refractivity (Wildman–Crippen MR) is 120 cm³/mol. The summed E-state index contributed by atoms with van der Waals surface area (Å²) in [6.07, 6.45) is 4.20. The molecule has 1 heterocycles. The lowest BCUT2D eigenvalue weighted by atomic mass is 9.95. The summed E-state index contributed by atoms with van der Waals surface area (Å²) in [6, 6.07) is 4.53. The summed E-state index contributed by atoms with van der Waals surface area (Å²) in [7, 11) is -0.878. The van der Waals surface area contributed by atoms with Crippen molar-refractivity contribution in [2.45, 2.75) is 56.1 Å². The first kappa shape index (κ1) is 24.5. The Labute approximate surface area is 190 Å². The molecule has 1 aliphatic heterocycles. The number of hydrogen-bond acceptors (Lipinski definition) is 7. The molecule has 178 valence electrons. The van der Waals surface area contributed by atoms with Gasteiger partial charge < -0.3 is 19.7 Å². The van der Waals surface area contributed by atoms with Gasteiger partial charge in [0.25, 0.3) is 5.91 Å². The van der Waals surface area contributed by atoms with Crippen molar-refractivity contribution in [2.75, 3.05) is 45.3 Å². The van der Waals surface area contributed by atoms with E-state index in [1.54, 1.807) is 6.07 Å². The Bertz CT molecular complexity index is 922. The van der Waals surface area contributed by atoms with Gasteiger partial charge in [-0.15, -0.1) is 0 Å². The minimum atomic E-state index is -3.74. The third-order valence-corrected chi connectivity index (χ3v) is 7.73. The molecule has 2 aliphatic rings. The van der Waals surface area contributed by atoms with E-state index in [1.165, 1.54) is 39.6 Å². The van der Waals surface area contributed by atoms with Gasteiger partial charge in [0.05, 0.1) is 29.4 Å². The Balaban J connectivity index is 1.82. The number of benzene rings is 1. The lowest BCUT2D eigenvalue weighted by molar-refractivity contribution is -0.130. The first-order valence-corrected chi connectivity index (χ1v) is 12.5. The largest absolute Gasteiger partial charge is 0.449 e. The summed E-state index contributed by atoms with van der Waals surface area (Å²) in [4.78, 5) is 27.6. The molecule has 1 aromatic rings. The molecule has 9 nitrogen and oxygen atoms in total. The maximum absolute atomic E-state index is 13.1. The van der Waals surface area contributed by atoms with Crippen LogP contribution in [-0.4, -0.2) is 77.1 Å². The molecule has 0 aromatic heterocycles. The maximum atomic E-state index is 13.1. The van der Waals surface area contributed by atoms with Gasteiger partial charge in [0.15, 0.2) is 6.10 Å². The van der Waals surface area contributed by atoms with E-state index in [0.717, 1.165) is 30.0 Å². The molecule has 0 bridgehead atoms. The van der Waals surface area contributed by atoms with Crippen molar-refractivity contribution in [1.29, 1.82) is 0 Å². The van der Waals surface area contributed by atoms with Gasteiger partial charge in [-0.25, -0.2) is 17.5 Å². The molecule has 1 saturated carbocycles. The van der Waals surface area contributed by atoms with Gasteiger partial charge in [0.2, 0.25) is 10.0 Å². The summed E-state index contributed by atoms with van der Waals surface area (Å²) in [5.41, 5.74) is 0.683. The van der Waals surface area contributed by atoms with E-state index in [9.17, 15) is 18.0 Å². The van der Waals surface area contributed by atoms with Crippen LogP contribution in [0.4, 0.5) is 5.69 Å². The number of rotatable bonds is 7. The number of amides is 1. The molecule has 10 heteroatoms. The van der Waals surface area contributed by atoms with Crippen molar-refractivity contribution in [3.8, 4) is 0 Å². The minimum Gasteiger partial charge on any atom is -0.449 e. The lowest BCUT2D eigenvalue weighted by Gasteiger charge is -2.30. The molecule has 1 atom stereocenters. The van der Waals surface area contributed by atoms with Crippen molar-refractivity contribution in [3.05, 3.63) is 23.8 Å². The van der Waals surface area contributed by atoms with Gasteiger partial charge in [0.1, 0.15) is 0 Å². The summed E-state index contributed by atoms with van der Waals surface area (Å²) in [6.45, 7) is 3.68. The van der Waals surface area contributed by atoms with Gasteiger partial charge in [-0.1, -0.05) is 19.3 Å². The highest BCUT2D eigenvalue weighted by Crippen LogP contribution is 2.27. The number of carbonyl (C=O) groups is 2. The number of nitrogens with one attached hydrogen (secondary N) is 1. The Morgan fingerprint density at radius 2 is 1.81 bits per heavy atom. The van der Waals surface area contributed by atoms with Crippen LogP contribution < -0.4 is 10.2 Å². The quantitative estimate of drug-likeness (QED) is 0.609. The van der Waals surface area contributed by atoms with E-state index in [1.807, 2.05) is 4.90 Å². The molecule has 0 spiro atoms. The minimum absolute atomic E-state index is 0.00855. The number of hydrogen-bond donors (Lipinski definition) is 1. The van der Waals surface area contributed by atoms with Crippen molar-refractivity contribution < 1.29 is 27.5 Å². The summed E-state index contributed by atoms with van der Waals surface area (Å²) in [5, 5.41) is 2.96. The highest BCUT2D eigenvalue weighted by atomic mass is 32.2. The normalized spacial score (nSPS) is 18.9. The Kier molecular flexibility index (Phi) is 8.13. The SMILES string of the molecule is C[C@H](OC(=O)c1cc(S(=O)(=O)N(C)C)ccc1N1CCOCC1)C(=O)NC1CCCCC1. The van der Waals surface area contributed by atoms with E-state index in [4.69, 9.17) is 9.47 Å². The molecular formula is C22H33N3O6S. The lowest BCUT2D eigenvalue weighted by Crippen LogP contribution is -2.43. The van der Waals surface area contributed by atoms with Crippen LogP contribution in [-0.2, 0) is 24.3 Å². The number of carbonyl (C=O) groups excluding carboxylic acids is 2. The first-order valence-electron chi connectivity index (χ1n) is 11.1. The van der Waals surface area contributed by atoms with Crippen LogP contribution in [0.2, 0.25) is 0 Å². The Morgan fingerprint density at radius 3 is 2.44 bits per heavy atom. The molecule has 0 radical (unpaired) electrons. The van der Waals surface area contributed by atoms with E-state index < -0.39 is 22.1 Å². The molecule has 1 aliphatic carbocycles. The summed E-state index contributed by atoms with van der Waals surface area (Å²) < 4.78 is 37.2. The molecule has 0 unspecified atom stereocenters. The highest BCUT2D eigenvalue weighted by molar-refractivity contribution is 7.89. The molecule has 1 aromatic carbocycles. The van der Waals surface area contributed by atoms with Crippen molar-refractivity contribution in [3.63, 3.8) is 0 Å². The average Bonchev–Trinajstić information content (AvgIpc) is 2.79. The zero-order valence-electron chi connectivity index (χ0n) is 19.0. The van der Waals surface area contributed by atoms with Crippen LogP contribution in [0.5, 0.6) is 0 Å². The average molecular weight is 468 g/mol. The van der Waals surface area contributed by atoms with Crippen molar-refractivity contribution in [2.24, 2.45) is 0 Å². The second-order valence-corrected chi connectivity index (χ2v) is 10.6. The monoisotopic (exact) mass is 467 g/mol. The van der Waals surface area contributed by atoms with Crippen LogP contribution in [0.1, 0.15) is 49.4 Å². The smallest absolute Gasteiger partial charge is 0.341 e. The van der Waals surface area contributed by atoms with E-state index in [-0.39, 0.29) is 22.4 Å². The van der Waals surface area contributed by atoms with E-state index >= 15 is 0 Å². The number of morpholine rings is 1. The molecule has 2 fully saturated rings. The van der Waals surface area contributed by atoms with Gasteiger partial charge in [0, 0.05) is 33.2 Å². The Morgan fingerprint density at radius 1 is 1.16 bits per heavy atom. The predicted octanol–water partition coefficient (Wildman–Crippen LogP) is 1.77. The fourth-order valence-corrected chi connectivity index (χ4v) is 4.90. The van der Waals surface area contributed by atoms with Crippen LogP contribution in [0.3, 0.4) is 0 Å². The fourth-order valence-electron chi connectivity index (χ4n) is 3.97. The first-order chi connectivity index (χ1) is 15.2. The maximum Gasteiger partial charge on any atom is 0.341 e. The Hall–Kier alpha value is -2.17. The number of esters is 1. The van der Waals surface area contributed by atoms with Crippen molar-refractivity contribution in [1.82, 2.24) is 9.62 Å². The topological polar surface area (TPSA) is 105 Å². The van der Waals surface area contributed by atoms with Crippen LogP contribution in [0.25, 0.3) is 0 Å². The molecule has 1 amide bonds. The molecule has 1 saturated heterocycles. The van der Waals surface area contributed by atoms with Gasteiger partial charge in [-0.05, 0) is 38.0 Å². The number of ether oxygens (including phenoxy) is 2. The second-order valence-electron chi connectivity index (χ2n) is 8.46. The van der Waals surface area contributed by atoms with Crippen LogP contribution in [0, 0.1) is 0 Å².